The lowest BCUT2D eigenvalue weighted by Gasteiger charge is -2.33. The van der Waals surface area contributed by atoms with Gasteiger partial charge >= 0.3 is 0 Å². The summed E-state index contributed by atoms with van der Waals surface area (Å²) in [5.74, 6) is 0.631. The summed E-state index contributed by atoms with van der Waals surface area (Å²) in [6, 6.07) is 16.3. The predicted octanol–water partition coefficient (Wildman–Crippen LogP) is 3.75. The van der Waals surface area contributed by atoms with Crippen molar-refractivity contribution in [2.24, 2.45) is 0 Å². The molecule has 0 saturated carbocycles. The maximum Gasteiger partial charge on any atom is 0.254 e. The number of hydrogen-bond acceptors (Lipinski definition) is 2. The number of benzene rings is 2. The van der Waals surface area contributed by atoms with Crippen LogP contribution in [0.1, 0.15) is 52.2 Å². The van der Waals surface area contributed by atoms with E-state index >= 15 is 0 Å². The van der Waals surface area contributed by atoms with E-state index in [2.05, 4.69) is 31.2 Å². The van der Waals surface area contributed by atoms with Gasteiger partial charge in [-0.15, -0.1) is 0 Å². The molecule has 1 saturated heterocycles. The number of carbonyl (C=O) groups is 2. The van der Waals surface area contributed by atoms with Gasteiger partial charge in [0.15, 0.2) is 0 Å². The van der Waals surface area contributed by atoms with Crippen molar-refractivity contribution < 1.29 is 9.59 Å². The average Bonchev–Trinajstić information content (AvgIpc) is 3.02. The van der Waals surface area contributed by atoms with Crippen LogP contribution in [0.3, 0.4) is 0 Å². The molecule has 0 aliphatic carbocycles. The Kier molecular flexibility index (Phi) is 4.97. The third-order valence-corrected chi connectivity index (χ3v) is 5.78. The minimum absolute atomic E-state index is 0.0506. The van der Waals surface area contributed by atoms with Crippen LogP contribution in [0.15, 0.2) is 48.5 Å². The van der Waals surface area contributed by atoms with Crippen LogP contribution in [0.5, 0.6) is 0 Å². The number of likely N-dealkylation sites (tertiary alicyclic amines) is 1. The standard InChI is InChI=1S/C23H26N2O2/c1-17-6-4-8-18(14-17)19-9-5-12-24(15-19)22(26)11-13-25-16-20-7-2-3-10-21(20)23(25)27/h2-4,6-8,10,14,19H,5,9,11-13,15-16H2,1H3. The van der Waals surface area contributed by atoms with Crippen LogP contribution < -0.4 is 0 Å². The van der Waals surface area contributed by atoms with Crippen molar-refractivity contribution in [3.05, 3.63) is 70.8 Å². The van der Waals surface area contributed by atoms with Gasteiger partial charge in [-0.2, -0.15) is 0 Å². The van der Waals surface area contributed by atoms with E-state index in [9.17, 15) is 9.59 Å². The van der Waals surface area contributed by atoms with E-state index in [0.29, 0.717) is 25.4 Å². The van der Waals surface area contributed by atoms with Gasteiger partial charge in [-0.1, -0.05) is 48.0 Å². The number of fused-ring (bicyclic) bond motifs is 1. The molecule has 1 fully saturated rings. The molecule has 2 aromatic rings. The summed E-state index contributed by atoms with van der Waals surface area (Å²) in [7, 11) is 0. The number of rotatable bonds is 4. The highest BCUT2D eigenvalue weighted by molar-refractivity contribution is 5.98. The van der Waals surface area contributed by atoms with E-state index in [1.54, 1.807) is 4.90 Å². The Morgan fingerprint density at radius 3 is 2.81 bits per heavy atom. The fraction of sp³-hybridized carbons (Fsp3) is 0.391. The van der Waals surface area contributed by atoms with Gasteiger partial charge in [0.05, 0.1) is 0 Å². The second-order valence-corrected chi connectivity index (χ2v) is 7.73. The lowest BCUT2D eigenvalue weighted by Crippen LogP contribution is -2.40. The van der Waals surface area contributed by atoms with Crippen LogP contribution in [0.25, 0.3) is 0 Å². The number of carbonyl (C=O) groups excluding carboxylic acids is 2. The molecule has 1 atom stereocenters. The predicted molar refractivity (Wildman–Crippen MR) is 106 cm³/mol. The van der Waals surface area contributed by atoms with E-state index in [4.69, 9.17) is 0 Å². The van der Waals surface area contributed by atoms with Gasteiger partial charge in [0.1, 0.15) is 0 Å². The number of amides is 2. The summed E-state index contributed by atoms with van der Waals surface area (Å²) in [5, 5.41) is 0. The quantitative estimate of drug-likeness (QED) is 0.831. The molecule has 0 N–H and O–H groups in total. The zero-order valence-corrected chi connectivity index (χ0v) is 15.9. The van der Waals surface area contributed by atoms with Gasteiger partial charge < -0.3 is 9.80 Å². The van der Waals surface area contributed by atoms with Gasteiger partial charge in [-0.3, -0.25) is 9.59 Å². The maximum absolute atomic E-state index is 12.8. The number of hydrogen-bond donors (Lipinski definition) is 0. The van der Waals surface area contributed by atoms with Crippen molar-refractivity contribution in [1.29, 1.82) is 0 Å². The molecule has 2 heterocycles. The minimum atomic E-state index is 0.0506. The van der Waals surface area contributed by atoms with Crippen molar-refractivity contribution in [3.8, 4) is 0 Å². The second-order valence-electron chi connectivity index (χ2n) is 7.73. The smallest absolute Gasteiger partial charge is 0.254 e. The maximum atomic E-state index is 12.8. The molecule has 0 radical (unpaired) electrons. The Balaban J connectivity index is 1.34. The number of aryl methyl sites for hydroxylation is 1. The Hall–Kier alpha value is -2.62. The Labute approximate surface area is 160 Å². The van der Waals surface area contributed by atoms with E-state index in [-0.39, 0.29) is 11.8 Å². The third kappa shape index (κ3) is 3.75. The molecular formula is C23H26N2O2. The fourth-order valence-electron chi connectivity index (χ4n) is 4.28. The fourth-order valence-corrected chi connectivity index (χ4v) is 4.28. The zero-order valence-electron chi connectivity index (χ0n) is 15.9. The molecule has 2 aliphatic heterocycles. The summed E-state index contributed by atoms with van der Waals surface area (Å²) < 4.78 is 0. The molecule has 2 aliphatic rings. The van der Waals surface area contributed by atoms with Crippen LogP contribution >= 0.6 is 0 Å². The third-order valence-electron chi connectivity index (χ3n) is 5.78. The summed E-state index contributed by atoms with van der Waals surface area (Å²) in [5.41, 5.74) is 4.44. The molecule has 2 amide bonds. The summed E-state index contributed by atoms with van der Waals surface area (Å²) in [6.07, 6.45) is 2.58. The molecule has 0 spiro atoms. The summed E-state index contributed by atoms with van der Waals surface area (Å²) in [6.45, 7) is 4.85. The van der Waals surface area contributed by atoms with E-state index < -0.39 is 0 Å². The molecule has 27 heavy (non-hydrogen) atoms. The first kappa shape index (κ1) is 17.8. The molecule has 2 aromatic carbocycles. The molecule has 4 heteroatoms. The average molecular weight is 362 g/mol. The normalized spacial score (nSPS) is 19.3. The van der Waals surface area contributed by atoms with Gasteiger partial charge in [-0.25, -0.2) is 0 Å². The zero-order chi connectivity index (χ0) is 18.8. The molecule has 4 nitrogen and oxygen atoms in total. The second kappa shape index (κ2) is 7.55. The van der Waals surface area contributed by atoms with Gasteiger partial charge in [0.2, 0.25) is 5.91 Å². The Morgan fingerprint density at radius 2 is 2.00 bits per heavy atom. The molecule has 0 bridgehead atoms. The van der Waals surface area contributed by atoms with Crippen molar-refractivity contribution >= 4 is 11.8 Å². The number of nitrogens with zero attached hydrogens (tertiary/aromatic N) is 2. The van der Waals surface area contributed by atoms with Crippen molar-refractivity contribution in [2.75, 3.05) is 19.6 Å². The largest absolute Gasteiger partial charge is 0.342 e. The number of piperidine rings is 1. The summed E-state index contributed by atoms with van der Waals surface area (Å²) in [4.78, 5) is 29.0. The van der Waals surface area contributed by atoms with E-state index in [0.717, 1.165) is 37.1 Å². The van der Waals surface area contributed by atoms with Gasteiger partial charge in [0, 0.05) is 44.1 Å². The van der Waals surface area contributed by atoms with Crippen LogP contribution in [-0.2, 0) is 11.3 Å². The first-order chi connectivity index (χ1) is 13.1. The van der Waals surface area contributed by atoms with E-state index in [1.165, 1.54) is 11.1 Å². The van der Waals surface area contributed by atoms with Crippen molar-refractivity contribution in [2.45, 2.75) is 38.6 Å². The molecule has 1 unspecified atom stereocenters. The highest BCUT2D eigenvalue weighted by atomic mass is 16.2. The lowest BCUT2D eigenvalue weighted by molar-refractivity contribution is -0.132. The SMILES string of the molecule is Cc1cccc(C2CCCN(C(=O)CCN3Cc4ccccc4C3=O)C2)c1. The first-order valence-corrected chi connectivity index (χ1v) is 9.83. The summed E-state index contributed by atoms with van der Waals surface area (Å²) >= 11 is 0. The van der Waals surface area contributed by atoms with E-state index in [1.807, 2.05) is 29.2 Å². The van der Waals surface area contributed by atoms with Crippen molar-refractivity contribution in [3.63, 3.8) is 0 Å². The van der Waals surface area contributed by atoms with Gasteiger partial charge in [-0.05, 0) is 37.0 Å². The topological polar surface area (TPSA) is 40.6 Å². The molecule has 0 aromatic heterocycles. The van der Waals surface area contributed by atoms with Crippen LogP contribution in [-0.4, -0.2) is 41.2 Å². The lowest BCUT2D eigenvalue weighted by atomic mass is 9.89. The first-order valence-electron chi connectivity index (χ1n) is 9.83. The molecular weight excluding hydrogens is 336 g/mol. The molecule has 140 valence electrons. The monoisotopic (exact) mass is 362 g/mol. The van der Waals surface area contributed by atoms with Crippen LogP contribution in [0, 0.1) is 6.92 Å². The van der Waals surface area contributed by atoms with Crippen LogP contribution in [0.2, 0.25) is 0 Å². The van der Waals surface area contributed by atoms with Crippen molar-refractivity contribution in [1.82, 2.24) is 9.80 Å². The van der Waals surface area contributed by atoms with Crippen LogP contribution in [0.4, 0.5) is 0 Å². The highest BCUT2D eigenvalue weighted by Crippen LogP contribution is 2.28. The Morgan fingerprint density at radius 1 is 1.15 bits per heavy atom. The Bertz CT molecular complexity index is 861. The molecule has 4 rings (SSSR count). The highest BCUT2D eigenvalue weighted by Gasteiger charge is 2.29. The minimum Gasteiger partial charge on any atom is -0.342 e. The van der Waals surface area contributed by atoms with Gasteiger partial charge in [0.25, 0.3) is 5.91 Å².